The molecular weight excluding hydrogens is 224 g/mol. The third kappa shape index (κ3) is 3.72. The molecule has 18 heavy (non-hydrogen) atoms. The molecule has 3 nitrogen and oxygen atoms in total. The largest absolute Gasteiger partial charge is 0.497 e. The first-order valence-electron chi connectivity index (χ1n) is 6.90. The molecule has 0 amide bonds. The van der Waals surface area contributed by atoms with Gasteiger partial charge in [-0.2, -0.15) is 0 Å². The van der Waals surface area contributed by atoms with Crippen LogP contribution in [-0.4, -0.2) is 26.2 Å². The van der Waals surface area contributed by atoms with Crippen LogP contribution in [0.15, 0.2) is 24.3 Å². The van der Waals surface area contributed by atoms with Gasteiger partial charge in [0.05, 0.1) is 7.11 Å². The Morgan fingerprint density at radius 3 is 3.06 bits per heavy atom. The Bertz CT molecular complexity index is 359. The summed E-state index contributed by atoms with van der Waals surface area (Å²) in [5.74, 6) is 0.934. The second-order valence-corrected chi connectivity index (χ2v) is 5.04. The molecule has 0 aromatic heterocycles. The molecule has 1 aliphatic rings. The van der Waals surface area contributed by atoms with Crippen LogP contribution in [0.2, 0.25) is 0 Å². The van der Waals surface area contributed by atoms with Gasteiger partial charge in [-0.15, -0.1) is 0 Å². The van der Waals surface area contributed by atoms with Gasteiger partial charge >= 0.3 is 0 Å². The maximum Gasteiger partial charge on any atom is 0.119 e. The summed E-state index contributed by atoms with van der Waals surface area (Å²) >= 11 is 0. The van der Waals surface area contributed by atoms with Crippen molar-refractivity contribution in [2.75, 3.05) is 20.2 Å². The highest BCUT2D eigenvalue weighted by Gasteiger charge is 2.15. The highest BCUT2D eigenvalue weighted by atomic mass is 16.5. The maximum absolute atomic E-state index is 5.28. The number of benzene rings is 1. The summed E-state index contributed by atoms with van der Waals surface area (Å²) in [6, 6.07) is 9.33. The zero-order valence-electron chi connectivity index (χ0n) is 11.4. The Morgan fingerprint density at radius 1 is 1.33 bits per heavy atom. The fraction of sp³-hybridized carbons (Fsp3) is 0.600. The predicted molar refractivity (Wildman–Crippen MR) is 75.1 cm³/mol. The quantitative estimate of drug-likeness (QED) is 0.859. The Kier molecular flexibility index (Phi) is 5.02. The molecule has 3 heteroatoms. The van der Waals surface area contributed by atoms with Crippen LogP contribution in [-0.2, 0) is 0 Å². The Hall–Kier alpha value is -1.06. The van der Waals surface area contributed by atoms with Crippen LogP contribution >= 0.6 is 0 Å². The summed E-state index contributed by atoms with van der Waals surface area (Å²) in [6.07, 6.45) is 3.75. The number of hydrogen-bond acceptors (Lipinski definition) is 3. The summed E-state index contributed by atoms with van der Waals surface area (Å²) in [5, 5.41) is 7.18. The highest BCUT2D eigenvalue weighted by molar-refractivity contribution is 5.30. The van der Waals surface area contributed by atoms with Crippen molar-refractivity contribution < 1.29 is 4.74 Å². The molecule has 1 heterocycles. The van der Waals surface area contributed by atoms with Crippen molar-refractivity contribution >= 4 is 0 Å². The van der Waals surface area contributed by atoms with E-state index in [1.165, 1.54) is 24.8 Å². The Balaban J connectivity index is 1.95. The first kappa shape index (κ1) is 13.4. The van der Waals surface area contributed by atoms with E-state index in [0.717, 1.165) is 18.8 Å². The molecule has 2 rings (SSSR count). The fourth-order valence-corrected chi connectivity index (χ4v) is 2.55. The molecule has 1 aromatic carbocycles. The lowest BCUT2D eigenvalue weighted by Gasteiger charge is -2.22. The molecule has 0 saturated carbocycles. The van der Waals surface area contributed by atoms with Crippen molar-refractivity contribution in [1.29, 1.82) is 0 Å². The molecule has 1 saturated heterocycles. The van der Waals surface area contributed by atoms with Crippen molar-refractivity contribution in [3.8, 4) is 5.75 Å². The SMILES string of the molecule is COc1cccc([C@@H](C)NC2CCCNCC2)c1. The standard InChI is InChI=1S/C15H24N2O/c1-12(13-5-3-7-15(11-13)18-2)17-14-6-4-9-16-10-8-14/h3,5,7,11-12,14,16-17H,4,6,8-10H2,1-2H3/t12-,14?/m1/s1. The maximum atomic E-state index is 5.28. The van der Waals surface area contributed by atoms with Crippen molar-refractivity contribution in [3.05, 3.63) is 29.8 Å². The Morgan fingerprint density at radius 2 is 2.22 bits per heavy atom. The normalized spacial score (nSPS) is 22.2. The third-order valence-corrected chi connectivity index (χ3v) is 3.66. The molecule has 0 aliphatic carbocycles. The van der Waals surface area contributed by atoms with E-state index in [0.29, 0.717) is 12.1 Å². The molecule has 100 valence electrons. The van der Waals surface area contributed by atoms with Crippen molar-refractivity contribution in [2.24, 2.45) is 0 Å². The minimum absolute atomic E-state index is 0.378. The van der Waals surface area contributed by atoms with Gasteiger partial charge in [-0.05, 0) is 57.0 Å². The molecule has 0 radical (unpaired) electrons. The van der Waals surface area contributed by atoms with Gasteiger partial charge in [0, 0.05) is 12.1 Å². The van der Waals surface area contributed by atoms with Gasteiger partial charge in [-0.3, -0.25) is 0 Å². The van der Waals surface area contributed by atoms with E-state index in [9.17, 15) is 0 Å². The summed E-state index contributed by atoms with van der Waals surface area (Å²) in [4.78, 5) is 0. The summed E-state index contributed by atoms with van der Waals surface area (Å²) in [6.45, 7) is 4.52. The highest BCUT2D eigenvalue weighted by Crippen LogP contribution is 2.20. The molecule has 0 spiro atoms. The fourth-order valence-electron chi connectivity index (χ4n) is 2.55. The first-order valence-corrected chi connectivity index (χ1v) is 6.90. The van der Waals surface area contributed by atoms with E-state index < -0.39 is 0 Å². The van der Waals surface area contributed by atoms with E-state index in [2.05, 4.69) is 35.8 Å². The number of rotatable bonds is 4. The second kappa shape index (κ2) is 6.76. The molecular formula is C15H24N2O. The minimum atomic E-state index is 0.378. The lowest BCUT2D eigenvalue weighted by molar-refractivity contribution is 0.406. The summed E-state index contributed by atoms with van der Waals surface area (Å²) in [7, 11) is 1.72. The van der Waals surface area contributed by atoms with E-state index in [4.69, 9.17) is 4.74 Å². The van der Waals surface area contributed by atoms with Gasteiger partial charge in [0.1, 0.15) is 5.75 Å². The third-order valence-electron chi connectivity index (χ3n) is 3.66. The first-order chi connectivity index (χ1) is 8.79. The molecule has 2 N–H and O–H groups in total. The molecule has 0 bridgehead atoms. The van der Waals surface area contributed by atoms with Gasteiger partial charge in [0.25, 0.3) is 0 Å². The van der Waals surface area contributed by atoms with Gasteiger partial charge in [-0.1, -0.05) is 12.1 Å². The van der Waals surface area contributed by atoms with Crippen LogP contribution in [0, 0.1) is 0 Å². The summed E-state index contributed by atoms with van der Waals surface area (Å²) < 4.78 is 5.28. The van der Waals surface area contributed by atoms with E-state index in [-0.39, 0.29) is 0 Å². The molecule has 1 aromatic rings. The lowest BCUT2D eigenvalue weighted by Crippen LogP contribution is -2.32. The van der Waals surface area contributed by atoms with Gasteiger partial charge in [0.15, 0.2) is 0 Å². The van der Waals surface area contributed by atoms with E-state index in [1.807, 2.05) is 6.07 Å². The van der Waals surface area contributed by atoms with Crippen molar-refractivity contribution in [1.82, 2.24) is 10.6 Å². The van der Waals surface area contributed by atoms with E-state index in [1.54, 1.807) is 7.11 Å². The van der Waals surface area contributed by atoms with Gasteiger partial charge < -0.3 is 15.4 Å². The molecule has 1 unspecified atom stereocenters. The van der Waals surface area contributed by atoms with Crippen molar-refractivity contribution in [2.45, 2.75) is 38.3 Å². The van der Waals surface area contributed by atoms with Crippen LogP contribution < -0.4 is 15.4 Å². The van der Waals surface area contributed by atoms with Crippen LogP contribution in [0.5, 0.6) is 5.75 Å². The number of nitrogens with one attached hydrogen (secondary N) is 2. The average molecular weight is 248 g/mol. The van der Waals surface area contributed by atoms with Crippen LogP contribution in [0.1, 0.15) is 37.8 Å². The van der Waals surface area contributed by atoms with Crippen molar-refractivity contribution in [3.63, 3.8) is 0 Å². The van der Waals surface area contributed by atoms with Crippen LogP contribution in [0.3, 0.4) is 0 Å². The lowest BCUT2D eigenvalue weighted by atomic mass is 10.0. The van der Waals surface area contributed by atoms with Crippen LogP contribution in [0.25, 0.3) is 0 Å². The average Bonchev–Trinajstić information content (AvgIpc) is 2.67. The minimum Gasteiger partial charge on any atom is -0.497 e. The van der Waals surface area contributed by atoms with E-state index >= 15 is 0 Å². The smallest absolute Gasteiger partial charge is 0.119 e. The van der Waals surface area contributed by atoms with Crippen LogP contribution in [0.4, 0.5) is 0 Å². The predicted octanol–water partition coefficient (Wildman–Crippen LogP) is 2.49. The van der Waals surface area contributed by atoms with Gasteiger partial charge in [-0.25, -0.2) is 0 Å². The topological polar surface area (TPSA) is 33.3 Å². The summed E-state index contributed by atoms with van der Waals surface area (Å²) in [5.41, 5.74) is 1.30. The zero-order valence-corrected chi connectivity index (χ0v) is 11.4. The number of methoxy groups -OCH3 is 1. The molecule has 2 atom stereocenters. The monoisotopic (exact) mass is 248 g/mol. The molecule has 1 aliphatic heterocycles. The Labute approximate surface area is 110 Å². The van der Waals surface area contributed by atoms with Gasteiger partial charge in [0.2, 0.25) is 0 Å². The number of hydrogen-bond donors (Lipinski definition) is 2. The molecule has 1 fully saturated rings. The second-order valence-electron chi connectivity index (χ2n) is 5.04. The number of ether oxygens (including phenoxy) is 1. The zero-order chi connectivity index (χ0) is 12.8.